The Morgan fingerprint density at radius 3 is 3.09 bits per heavy atom. The van der Waals surface area contributed by atoms with E-state index in [1.807, 2.05) is 31.5 Å². The Morgan fingerprint density at radius 1 is 1.57 bits per heavy atom. The predicted octanol–water partition coefficient (Wildman–Crippen LogP) is 1.84. The van der Waals surface area contributed by atoms with Crippen molar-refractivity contribution in [3.63, 3.8) is 0 Å². The number of hydrogen-bond donors (Lipinski definition) is 1. The van der Waals surface area contributed by atoms with Gasteiger partial charge in [0.1, 0.15) is 0 Å². The number of hydrogen-bond acceptors (Lipinski definition) is 4. The van der Waals surface area contributed by atoms with Crippen LogP contribution in [0, 0.1) is 6.92 Å². The molecule has 0 radical (unpaired) electrons. The van der Waals surface area contributed by atoms with Gasteiger partial charge in [-0.25, -0.2) is 0 Å². The fourth-order valence-electron chi connectivity index (χ4n) is 2.51. The van der Waals surface area contributed by atoms with E-state index in [9.17, 15) is 4.79 Å². The predicted molar refractivity (Wildman–Crippen MR) is 88.1 cm³/mol. The normalized spacial score (nSPS) is 21.0. The number of allylic oxidation sites excluding steroid dienone is 1. The van der Waals surface area contributed by atoms with Crippen molar-refractivity contribution in [1.82, 2.24) is 15.1 Å². The summed E-state index contributed by atoms with van der Waals surface area (Å²) in [6.45, 7) is 8.42. The van der Waals surface area contributed by atoms with E-state index in [1.54, 1.807) is 6.20 Å². The second-order valence-corrected chi connectivity index (χ2v) is 6.14. The SMILES string of the molecule is CC(C)=CCO[C@@H]1CCOC[C@@H]1NC(=O)CCn1nccc1C. The van der Waals surface area contributed by atoms with E-state index in [2.05, 4.69) is 16.5 Å². The van der Waals surface area contributed by atoms with Gasteiger partial charge in [0.25, 0.3) is 0 Å². The van der Waals surface area contributed by atoms with Gasteiger partial charge < -0.3 is 14.8 Å². The van der Waals surface area contributed by atoms with E-state index in [0.29, 0.717) is 32.8 Å². The highest BCUT2D eigenvalue weighted by atomic mass is 16.5. The minimum absolute atomic E-state index is 0.00575. The van der Waals surface area contributed by atoms with Crippen LogP contribution in [0.3, 0.4) is 0 Å². The highest BCUT2D eigenvalue weighted by Crippen LogP contribution is 2.12. The number of amides is 1. The third-order valence-electron chi connectivity index (χ3n) is 3.92. The van der Waals surface area contributed by atoms with Gasteiger partial charge in [-0.1, -0.05) is 11.6 Å². The van der Waals surface area contributed by atoms with E-state index in [0.717, 1.165) is 12.1 Å². The molecule has 23 heavy (non-hydrogen) atoms. The Hall–Kier alpha value is -1.66. The summed E-state index contributed by atoms with van der Waals surface area (Å²) in [6, 6.07) is 1.85. The van der Waals surface area contributed by atoms with Gasteiger partial charge >= 0.3 is 0 Å². The first-order valence-corrected chi connectivity index (χ1v) is 8.16. The Labute approximate surface area is 137 Å². The third kappa shape index (κ3) is 5.80. The molecule has 2 rings (SSSR count). The molecule has 0 bridgehead atoms. The number of carbonyl (C=O) groups is 1. The average molecular weight is 321 g/mol. The molecule has 128 valence electrons. The smallest absolute Gasteiger partial charge is 0.222 e. The average Bonchev–Trinajstić information content (AvgIpc) is 2.92. The summed E-state index contributed by atoms with van der Waals surface area (Å²) in [7, 11) is 0. The van der Waals surface area contributed by atoms with E-state index >= 15 is 0 Å². The molecule has 0 aliphatic carbocycles. The second-order valence-electron chi connectivity index (χ2n) is 6.14. The first-order valence-electron chi connectivity index (χ1n) is 8.16. The summed E-state index contributed by atoms with van der Waals surface area (Å²) in [5.74, 6) is 0.00575. The highest BCUT2D eigenvalue weighted by molar-refractivity contribution is 5.76. The van der Waals surface area contributed by atoms with Crippen LogP contribution in [-0.2, 0) is 20.8 Å². The molecule has 0 aromatic carbocycles. The molecule has 0 spiro atoms. The molecule has 0 unspecified atom stereocenters. The number of carbonyl (C=O) groups excluding carboxylic acids is 1. The zero-order valence-electron chi connectivity index (χ0n) is 14.2. The van der Waals surface area contributed by atoms with Gasteiger partial charge in [-0.3, -0.25) is 9.48 Å². The molecule has 6 nitrogen and oxygen atoms in total. The summed E-state index contributed by atoms with van der Waals surface area (Å²) in [6.07, 6.45) is 5.01. The number of aromatic nitrogens is 2. The van der Waals surface area contributed by atoms with Crippen LogP contribution in [0.15, 0.2) is 23.9 Å². The van der Waals surface area contributed by atoms with Crippen molar-refractivity contribution in [3.8, 4) is 0 Å². The number of nitrogens with one attached hydrogen (secondary N) is 1. The van der Waals surface area contributed by atoms with Crippen molar-refractivity contribution >= 4 is 5.91 Å². The maximum atomic E-state index is 12.2. The number of nitrogens with zero attached hydrogens (tertiary/aromatic N) is 2. The van der Waals surface area contributed by atoms with E-state index in [4.69, 9.17) is 9.47 Å². The Bertz CT molecular complexity index is 535. The lowest BCUT2D eigenvalue weighted by molar-refractivity contribution is -0.126. The number of rotatable bonds is 7. The molecular weight excluding hydrogens is 294 g/mol. The van der Waals surface area contributed by atoms with Crippen LogP contribution in [0.2, 0.25) is 0 Å². The van der Waals surface area contributed by atoms with Crippen molar-refractivity contribution < 1.29 is 14.3 Å². The molecule has 2 atom stereocenters. The molecule has 1 aliphatic rings. The fourth-order valence-corrected chi connectivity index (χ4v) is 2.51. The quantitative estimate of drug-likeness (QED) is 0.778. The summed E-state index contributed by atoms with van der Waals surface area (Å²) < 4.78 is 13.2. The number of aryl methyl sites for hydroxylation is 2. The lowest BCUT2D eigenvalue weighted by Gasteiger charge is -2.32. The van der Waals surface area contributed by atoms with E-state index in [-0.39, 0.29) is 18.1 Å². The molecule has 1 N–H and O–H groups in total. The van der Waals surface area contributed by atoms with Crippen LogP contribution in [0.25, 0.3) is 0 Å². The van der Waals surface area contributed by atoms with Crippen LogP contribution in [0.4, 0.5) is 0 Å². The van der Waals surface area contributed by atoms with Gasteiger partial charge in [0.15, 0.2) is 0 Å². The lowest BCUT2D eigenvalue weighted by atomic mass is 10.1. The minimum atomic E-state index is -0.0828. The molecular formula is C17H27N3O3. The maximum Gasteiger partial charge on any atom is 0.222 e. The van der Waals surface area contributed by atoms with Crippen molar-refractivity contribution in [2.45, 2.75) is 52.3 Å². The first-order chi connectivity index (χ1) is 11.1. The number of ether oxygens (including phenoxy) is 2. The van der Waals surface area contributed by atoms with Crippen molar-refractivity contribution in [2.75, 3.05) is 19.8 Å². The van der Waals surface area contributed by atoms with Crippen LogP contribution in [-0.4, -0.2) is 47.7 Å². The molecule has 1 saturated heterocycles. The standard InChI is InChI=1S/C17H27N3O3/c1-13(2)6-11-23-16-7-10-22-12-15(16)19-17(21)5-9-20-14(3)4-8-18-20/h4,6,8,15-16H,5,7,9-12H2,1-3H3,(H,19,21)/t15-,16+/m0/s1. The monoisotopic (exact) mass is 321 g/mol. The molecule has 0 saturated carbocycles. The molecule has 1 aromatic rings. The zero-order chi connectivity index (χ0) is 16.7. The van der Waals surface area contributed by atoms with Crippen molar-refractivity contribution in [2.24, 2.45) is 0 Å². The van der Waals surface area contributed by atoms with Crippen LogP contribution >= 0.6 is 0 Å². The van der Waals surface area contributed by atoms with Crippen molar-refractivity contribution in [1.29, 1.82) is 0 Å². The van der Waals surface area contributed by atoms with E-state index in [1.165, 1.54) is 5.57 Å². The largest absolute Gasteiger partial charge is 0.379 e. The van der Waals surface area contributed by atoms with Gasteiger partial charge in [-0.15, -0.1) is 0 Å². The fraction of sp³-hybridized carbons (Fsp3) is 0.647. The molecule has 1 fully saturated rings. The third-order valence-corrected chi connectivity index (χ3v) is 3.92. The molecule has 2 heterocycles. The van der Waals surface area contributed by atoms with Gasteiger partial charge in [0.2, 0.25) is 5.91 Å². The summed E-state index contributed by atoms with van der Waals surface area (Å²) >= 11 is 0. The van der Waals surface area contributed by atoms with Gasteiger partial charge in [-0.2, -0.15) is 5.10 Å². The zero-order valence-corrected chi connectivity index (χ0v) is 14.2. The van der Waals surface area contributed by atoms with Gasteiger partial charge in [0.05, 0.1) is 25.4 Å². The Kier molecular flexibility index (Phi) is 6.80. The summed E-state index contributed by atoms with van der Waals surface area (Å²) in [5.41, 5.74) is 2.29. The first kappa shape index (κ1) is 17.7. The molecule has 1 amide bonds. The van der Waals surface area contributed by atoms with Crippen LogP contribution in [0.1, 0.15) is 32.4 Å². The van der Waals surface area contributed by atoms with Crippen LogP contribution in [0.5, 0.6) is 0 Å². The summed E-state index contributed by atoms with van der Waals surface area (Å²) in [4.78, 5) is 12.2. The maximum absolute atomic E-state index is 12.2. The minimum Gasteiger partial charge on any atom is -0.379 e. The van der Waals surface area contributed by atoms with Crippen LogP contribution < -0.4 is 5.32 Å². The lowest BCUT2D eigenvalue weighted by Crippen LogP contribution is -2.50. The molecule has 6 heteroatoms. The summed E-state index contributed by atoms with van der Waals surface area (Å²) in [5, 5.41) is 7.23. The topological polar surface area (TPSA) is 65.4 Å². The van der Waals surface area contributed by atoms with Gasteiger partial charge in [0, 0.05) is 31.5 Å². The van der Waals surface area contributed by atoms with Crippen molar-refractivity contribution in [3.05, 3.63) is 29.6 Å². The second kappa shape index (κ2) is 8.84. The van der Waals surface area contributed by atoms with Gasteiger partial charge in [-0.05, 0) is 33.3 Å². The molecule has 1 aromatic heterocycles. The molecule has 1 aliphatic heterocycles. The Balaban J connectivity index is 1.79. The highest BCUT2D eigenvalue weighted by Gasteiger charge is 2.27. The van der Waals surface area contributed by atoms with E-state index < -0.39 is 0 Å². The Morgan fingerprint density at radius 2 is 2.39 bits per heavy atom.